The molecule has 0 aromatic heterocycles. The molecule has 0 aromatic rings. The van der Waals surface area contributed by atoms with Gasteiger partial charge in [-0.15, -0.1) is 0 Å². The van der Waals surface area contributed by atoms with E-state index in [0.717, 1.165) is 17.8 Å². The number of carbonyl (C=O) groups is 1. The number of fused-ring (bicyclic) bond motifs is 2. The van der Waals surface area contributed by atoms with Crippen molar-refractivity contribution in [2.24, 2.45) is 23.2 Å². The van der Waals surface area contributed by atoms with Crippen LogP contribution in [-0.4, -0.2) is 17.5 Å². The molecule has 2 nitrogen and oxygen atoms in total. The topological polar surface area (TPSA) is 37.3 Å². The van der Waals surface area contributed by atoms with E-state index >= 15 is 0 Å². The number of hydrogen-bond acceptors (Lipinski definition) is 2. The van der Waals surface area contributed by atoms with Crippen molar-refractivity contribution in [3.05, 3.63) is 0 Å². The molecule has 3 atom stereocenters. The number of hydrogen-bond donors (Lipinski definition) is 1. The van der Waals surface area contributed by atoms with Crippen LogP contribution in [0.2, 0.25) is 0 Å². The third kappa shape index (κ3) is 4.79. The Balaban J connectivity index is 0.000000311. The maximum Gasteiger partial charge on any atom is 0.126 e. The Labute approximate surface area is 107 Å². The average Bonchev–Trinajstić information content (AvgIpc) is 2.17. The van der Waals surface area contributed by atoms with Gasteiger partial charge in [0.1, 0.15) is 5.78 Å². The summed E-state index contributed by atoms with van der Waals surface area (Å²) in [6.07, 6.45) is 4.54. The summed E-state index contributed by atoms with van der Waals surface area (Å²) in [5.41, 5.74) is 0.706. The highest BCUT2D eigenvalue weighted by molar-refractivity contribution is 5.72. The summed E-state index contributed by atoms with van der Waals surface area (Å²) in [6.45, 7) is 12.3. The monoisotopic (exact) mass is 242 g/mol. The van der Waals surface area contributed by atoms with Gasteiger partial charge in [0.25, 0.3) is 0 Å². The van der Waals surface area contributed by atoms with Gasteiger partial charge in [-0.25, -0.2) is 0 Å². The lowest BCUT2D eigenvalue weighted by molar-refractivity contribution is -0.114. The van der Waals surface area contributed by atoms with E-state index in [1.807, 2.05) is 0 Å². The smallest absolute Gasteiger partial charge is 0.126 e. The normalized spacial score (nSPS) is 32.1. The van der Waals surface area contributed by atoms with Gasteiger partial charge in [0, 0.05) is 6.61 Å². The summed E-state index contributed by atoms with van der Waals surface area (Å²) in [4.78, 5) is 9.44. The second kappa shape index (κ2) is 7.15. The molecule has 3 rings (SSSR count). The highest BCUT2D eigenvalue weighted by atomic mass is 16.2. The van der Waals surface area contributed by atoms with Gasteiger partial charge >= 0.3 is 0 Å². The largest absolute Gasteiger partial charge is 0.397 e. The minimum absolute atomic E-state index is 0.167. The van der Waals surface area contributed by atoms with Crippen LogP contribution in [0.15, 0.2) is 0 Å². The number of rotatable bonds is 0. The predicted octanol–water partition coefficient (Wildman–Crippen LogP) is 3.67. The minimum Gasteiger partial charge on any atom is -0.397 e. The van der Waals surface area contributed by atoms with Gasteiger partial charge in [-0.05, 0) is 56.8 Å². The molecule has 0 saturated heterocycles. The Morgan fingerprint density at radius 3 is 1.88 bits per heavy atom. The van der Waals surface area contributed by atoms with Gasteiger partial charge in [-0.1, -0.05) is 27.2 Å². The van der Waals surface area contributed by atoms with Gasteiger partial charge in [0.2, 0.25) is 0 Å². The molecular weight excluding hydrogens is 212 g/mol. The molecule has 2 bridgehead atoms. The fraction of sp³-hybridized carbons (Fsp3) is 0.933. The second-order valence-electron chi connectivity index (χ2n) is 6.14. The van der Waals surface area contributed by atoms with E-state index in [0.29, 0.717) is 5.41 Å². The van der Waals surface area contributed by atoms with Crippen molar-refractivity contribution in [2.75, 3.05) is 6.61 Å². The lowest BCUT2D eigenvalue weighted by Crippen LogP contribution is -2.51. The fourth-order valence-corrected chi connectivity index (χ4v) is 3.18. The van der Waals surface area contributed by atoms with Crippen molar-refractivity contribution in [3.63, 3.8) is 0 Å². The molecule has 102 valence electrons. The molecule has 17 heavy (non-hydrogen) atoms. The minimum atomic E-state index is 0.167. The molecule has 0 aliphatic heterocycles. The van der Waals surface area contributed by atoms with Gasteiger partial charge in [0.15, 0.2) is 0 Å². The van der Waals surface area contributed by atoms with E-state index in [4.69, 9.17) is 5.11 Å². The molecule has 0 spiro atoms. The van der Waals surface area contributed by atoms with E-state index in [9.17, 15) is 4.79 Å². The Bertz CT molecular complexity index is 227. The molecule has 0 radical (unpaired) electrons. The summed E-state index contributed by atoms with van der Waals surface area (Å²) < 4.78 is 0. The van der Waals surface area contributed by atoms with Crippen molar-refractivity contribution >= 4 is 5.78 Å². The summed E-state index contributed by atoms with van der Waals surface area (Å²) in [6, 6.07) is 0. The van der Waals surface area contributed by atoms with Crippen LogP contribution >= 0.6 is 0 Å². The Morgan fingerprint density at radius 2 is 1.71 bits per heavy atom. The molecular formula is C15H30O2. The summed E-state index contributed by atoms with van der Waals surface area (Å²) in [5, 5.41) is 7.57. The van der Waals surface area contributed by atoms with E-state index in [1.54, 1.807) is 6.92 Å². The van der Waals surface area contributed by atoms with Crippen LogP contribution in [0.25, 0.3) is 0 Å². The van der Waals surface area contributed by atoms with Gasteiger partial charge in [0.05, 0.1) is 0 Å². The molecule has 0 heterocycles. The molecule has 1 N–H and O–H groups in total. The first-order valence-electron chi connectivity index (χ1n) is 6.85. The lowest BCUT2D eigenvalue weighted by Gasteiger charge is -2.59. The molecule has 3 aliphatic rings. The third-order valence-corrected chi connectivity index (χ3v) is 4.20. The molecule has 0 aromatic carbocycles. The average molecular weight is 242 g/mol. The molecule has 3 unspecified atom stereocenters. The van der Waals surface area contributed by atoms with Crippen molar-refractivity contribution in [1.82, 2.24) is 0 Å². The number of carbonyl (C=O) groups excluding carboxylic acids is 1. The van der Waals surface area contributed by atoms with Crippen LogP contribution < -0.4 is 0 Å². The lowest BCUT2D eigenvalue weighted by atomic mass is 9.46. The fourth-order valence-electron chi connectivity index (χ4n) is 3.18. The summed E-state index contributed by atoms with van der Waals surface area (Å²) >= 11 is 0. The summed E-state index contributed by atoms with van der Waals surface area (Å²) in [7, 11) is 0. The Hall–Kier alpha value is -0.370. The quantitative estimate of drug-likeness (QED) is 0.703. The van der Waals surface area contributed by atoms with Crippen LogP contribution in [0.3, 0.4) is 0 Å². The summed E-state index contributed by atoms with van der Waals surface area (Å²) in [5.74, 6) is 3.32. The van der Waals surface area contributed by atoms with E-state index in [1.165, 1.54) is 33.1 Å². The van der Waals surface area contributed by atoms with Crippen LogP contribution in [0.1, 0.15) is 60.8 Å². The van der Waals surface area contributed by atoms with E-state index in [-0.39, 0.29) is 12.4 Å². The van der Waals surface area contributed by atoms with Crippen LogP contribution in [0.5, 0.6) is 0 Å². The SMILES string of the molecule is CC(C)=O.CC1CCC2CC1C2(C)C.CCO. The van der Waals surface area contributed by atoms with Crippen LogP contribution in [-0.2, 0) is 4.79 Å². The zero-order valence-electron chi connectivity index (χ0n) is 12.4. The number of ketones is 1. The highest BCUT2D eigenvalue weighted by Crippen LogP contribution is 2.61. The first kappa shape index (κ1) is 16.6. The van der Waals surface area contributed by atoms with Crippen molar-refractivity contribution in [3.8, 4) is 0 Å². The van der Waals surface area contributed by atoms with Crippen molar-refractivity contribution < 1.29 is 9.90 Å². The third-order valence-electron chi connectivity index (χ3n) is 4.20. The maximum atomic E-state index is 9.44. The zero-order valence-corrected chi connectivity index (χ0v) is 12.4. The second-order valence-corrected chi connectivity index (χ2v) is 6.14. The van der Waals surface area contributed by atoms with Gasteiger partial charge < -0.3 is 9.90 Å². The first-order chi connectivity index (χ1) is 7.77. The molecule has 3 saturated carbocycles. The Morgan fingerprint density at radius 1 is 1.29 bits per heavy atom. The molecule has 3 aliphatic carbocycles. The van der Waals surface area contributed by atoms with Crippen LogP contribution in [0.4, 0.5) is 0 Å². The first-order valence-corrected chi connectivity index (χ1v) is 6.85. The van der Waals surface area contributed by atoms with Gasteiger partial charge in [-0.2, -0.15) is 0 Å². The number of Topliss-reactive ketones (excluding diaryl/α,β-unsaturated/α-hetero) is 1. The van der Waals surface area contributed by atoms with E-state index < -0.39 is 0 Å². The van der Waals surface area contributed by atoms with Crippen molar-refractivity contribution in [2.45, 2.75) is 60.8 Å². The predicted molar refractivity (Wildman–Crippen MR) is 72.9 cm³/mol. The molecule has 3 fully saturated rings. The number of aliphatic hydroxyl groups excluding tert-OH is 1. The highest BCUT2D eigenvalue weighted by Gasteiger charge is 2.52. The van der Waals surface area contributed by atoms with E-state index in [2.05, 4.69) is 20.8 Å². The maximum absolute atomic E-state index is 9.44. The molecule has 2 heteroatoms. The Kier molecular flexibility index (Phi) is 6.99. The van der Waals surface area contributed by atoms with Crippen LogP contribution in [0, 0.1) is 23.2 Å². The zero-order chi connectivity index (χ0) is 13.6. The van der Waals surface area contributed by atoms with Crippen molar-refractivity contribution in [1.29, 1.82) is 0 Å². The van der Waals surface area contributed by atoms with Gasteiger partial charge in [-0.3, -0.25) is 0 Å². The number of aliphatic hydroxyl groups is 1. The molecule has 0 amide bonds. The standard InChI is InChI=1S/C10H18.C3H6O.C2H6O/c1-7-4-5-8-6-9(7)10(8,2)3;1-3(2)4;1-2-3/h7-9H,4-6H2,1-3H3;1-2H3;3H,2H2,1H3.